The second kappa shape index (κ2) is 9.20. The maximum absolute atomic E-state index is 13.1. The molecule has 0 unspecified atom stereocenters. The number of aromatic nitrogens is 2. The zero-order chi connectivity index (χ0) is 22.6. The van der Waals surface area contributed by atoms with Gasteiger partial charge in [-0.05, 0) is 35.4 Å². The topological polar surface area (TPSA) is 50.6 Å². The highest BCUT2D eigenvalue weighted by atomic mass is 16.5. The van der Waals surface area contributed by atoms with Gasteiger partial charge in [-0.2, -0.15) is 0 Å². The normalized spacial score (nSPS) is 13.7. The Morgan fingerprint density at radius 1 is 0.848 bits per heavy atom. The van der Waals surface area contributed by atoms with Gasteiger partial charge in [-0.25, -0.2) is 4.98 Å². The van der Waals surface area contributed by atoms with Gasteiger partial charge in [0.15, 0.2) is 0 Å². The van der Waals surface area contributed by atoms with E-state index < -0.39 is 0 Å². The quantitative estimate of drug-likeness (QED) is 0.460. The zero-order valence-corrected chi connectivity index (χ0v) is 18.6. The summed E-state index contributed by atoms with van der Waals surface area (Å²) < 4.78 is 7.42. The van der Waals surface area contributed by atoms with Gasteiger partial charge in [0.1, 0.15) is 5.75 Å². The molecule has 3 aromatic carbocycles. The van der Waals surface area contributed by atoms with Crippen LogP contribution in [0.25, 0.3) is 16.8 Å². The SMILES string of the molecule is COc1cccc(-n2ccnc2N2CCN(C(=O)c3ccc(-c4ccccc4)cc3)CC2)c1. The molecule has 1 saturated heterocycles. The van der Waals surface area contributed by atoms with E-state index in [1.165, 1.54) is 0 Å². The van der Waals surface area contributed by atoms with E-state index in [0.29, 0.717) is 13.1 Å². The second-order valence-corrected chi connectivity index (χ2v) is 8.02. The van der Waals surface area contributed by atoms with E-state index in [9.17, 15) is 4.79 Å². The van der Waals surface area contributed by atoms with Crippen molar-refractivity contribution in [1.29, 1.82) is 0 Å². The number of hydrogen-bond donors (Lipinski definition) is 0. The summed E-state index contributed by atoms with van der Waals surface area (Å²) >= 11 is 0. The van der Waals surface area contributed by atoms with Crippen LogP contribution in [0.15, 0.2) is 91.3 Å². The fourth-order valence-electron chi connectivity index (χ4n) is 4.22. The lowest BCUT2D eigenvalue weighted by atomic mass is 10.0. The van der Waals surface area contributed by atoms with Crippen LogP contribution in [0, 0.1) is 0 Å². The smallest absolute Gasteiger partial charge is 0.253 e. The van der Waals surface area contributed by atoms with Gasteiger partial charge in [-0.3, -0.25) is 9.36 Å². The van der Waals surface area contributed by atoms with E-state index in [1.54, 1.807) is 13.3 Å². The first kappa shape index (κ1) is 20.8. The maximum Gasteiger partial charge on any atom is 0.253 e. The van der Waals surface area contributed by atoms with E-state index in [0.717, 1.165) is 47.2 Å². The number of hydrogen-bond acceptors (Lipinski definition) is 4. The van der Waals surface area contributed by atoms with Crippen molar-refractivity contribution in [3.63, 3.8) is 0 Å². The molecular weight excluding hydrogens is 412 g/mol. The number of anilines is 1. The van der Waals surface area contributed by atoms with Crippen molar-refractivity contribution in [3.8, 4) is 22.6 Å². The molecular formula is C27H26N4O2. The fraction of sp³-hybridized carbons (Fsp3) is 0.185. The Labute approximate surface area is 193 Å². The van der Waals surface area contributed by atoms with Crippen molar-refractivity contribution in [2.45, 2.75) is 0 Å². The summed E-state index contributed by atoms with van der Waals surface area (Å²) in [6.07, 6.45) is 3.76. The lowest BCUT2D eigenvalue weighted by Crippen LogP contribution is -2.49. The number of benzene rings is 3. The van der Waals surface area contributed by atoms with Crippen molar-refractivity contribution >= 4 is 11.9 Å². The molecule has 1 aliphatic heterocycles. The van der Waals surface area contributed by atoms with Crippen LogP contribution in [0.2, 0.25) is 0 Å². The fourth-order valence-corrected chi connectivity index (χ4v) is 4.22. The van der Waals surface area contributed by atoms with E-state index in [1.807, 2.05) is 77.8 Å². The number of imidazole rings is 1. The van der Waals surface area contributed by atoms with Gasteiger partial charge in [0.05, 0.1) is 12.8 Å². The lowest BCUT2D eigenvalue weighted by Gasteiger charge is -2.35. The van der Waals surface area contributed by atoms with Crippen molar-refractivity contribution in [2.75, 3.05) is 38.2 Å². The highest BCUT2D eigenvalue weighted by molar-refractivity contribution is 5.95. The van der Waals surface area contributed by atoms with Gasteiger partial charge in [-0.1, -0.05) is 48.5 Å². The van der Waals surface area contributed by atoms with E-state index in [2.05, 4.69) is 26.6 Å². The predicted octanol–water partition coefficient (Wildman–Crippen LogP) is 4.51. The van der Waals surface area contributed by atoms with Crippen LogP contribution >= 0.6 is 0 Å². The van der Waals surface area contributed by atoms with Gasteiger partial charge in [0, 0.05) is 50.2 Å². The van der Waals surface area contributed by atoms with E-state index in [4.69, 9.17) is 4.74 Å². The van der Waals surface area contributed by atoms with Crippen molar-refractivity contribution in [2.24, 2.45) is 0 Å². The second-order valence-electron chi connectivity index (χ2n) is 8.02. The molecule has 1 fully saturated rings. The minimum absolute atomic E-state index is 0.0744. The Balaban J connectivity index is 1.25. The zero-order valence-electron chi connectivity index (χ0n) is 18.6. The third-order valence-electron chi connectivity index (χ3n) is 6.04. The molecule has 33 heavy (non-hydrogen) atoms. The lowest BCUT2D eigenvalue weighted by molar-refractivity contribution is 0.0746. The first-order valence-electron chi connectivity index (χ1n) is 11.1. The number of rotatable bonds is 5. The molecule has 6 nitrogen and oxygen atoms in total. The summed E-state index contributed by atoms with van der Waals surface area (Å²) in [4.78, 5) is 21.8. The van der Waals surface area contributed by atoms with Crippen LogP contribution in [0.4, 0.5) is 5.95 Å². The Bertz CT molecular complexity index is 1230. The summed E-state index contributed by atoms with van der Waals surface area (Å²) in [7, 11) is 1.67. The highest BCUT2D eigenvalue weighted by Crippen LogP contribution is 2.24. The Morgan fingerprint density at radius 2 is 1.58 bits per heavy atom. The Hall–Kier alpha value is -4.06. The average Bonchev–Trinajstić information content (AvgIpc) is 3.39. The Kier molecular flexibility index (Phi) is 5.81. The summed E-state index contributed by atoms with van der Waals surface area (Å²) in [5.41, 5.74) is 3.98. The molecule has 1 amide bonds. The summed E-state index contributed by atoms with van der Waals surface area (Å²) in [5.74, 6) is 1.76. The van der Waals surface area contributed by atoms with Crippen molar-refractivity contribution < 1.29 is 9.53 Å². The Morgan fingerprint density at radius 3 is 2.30 bits per heavy atom. The number of methoxy groups -OCH3 is 1. The van der Waals surface area contributed by atoms with Crippen LogP contribution in [-0.4, -0.2) is 53.6 Å². The van der Waals surface area contributed by atoms with Crippen LogP contribution in [0.1, 0.15) is 10.4 Å². The number of piperazine rings is 1. The van der Waals surface area contributed by atoms with E-state index in [-0.39, 0.29) is 5.91 Å². The molecule has 0 atom stereocenters. The number of amides is 1. The van der Waals surface area contributed by atoms with Crippen LogP contribution in [0.5, 0.6) is 5.75 Å². The van der Waals surface area contributed by atoms with Crippen LogP contribution in [0.3, 0.4) is 0 Å². The van der Waals surface area contributed by atoms with Crippen LogP contribution in [-0.2, 0) is 0 Å². The minimum Gasteiger partial charge on any atom is -0.497 e. The first-order valence-corrected chi connectivity index (χ1v) is 11.1. The molecule has 0 bridgehead atoms. The molecule has 4 aromatic rings. The summed E-state index contributed by atoms with van der Waals surface area (Å²) in [6.45, 7) is 2.78. The number of carbonyl (C=O) groups is 1. The maximum atomic E-state index is 13.1. The van der Waals surface area contributed by atoms with Gasteiger partial charge < -0.3 is 14.5 Å². The highest BCUT2D eigenvalue weighted by Gasteiger charge is 2.24. The molecule has 166 valence electrons. The standard InChI is InChI=1S/C27H26N4O2/c1-33-25-9-5-8-24(20-25)31-15-14-28-27(31)30-18-16-29(17-19-30)26(32)23-12-10-22(11-13-23)21-6-3-2-4-7-21/h2-15,20H,16-19H2,1H3. The summed E-state index contributed by atoms with van der Waals surface area (Å²) in [5, 5.41) is 0. The monoisotopic (exact) mass is 438 g/mol. The number of ether oxygens (including phenoxy) is 1. The average molecular weight is 439 g/mol. The van der Waals surface area contributed by atoms with Gasteiger partial charge >= 0.3 is 0 Å². The summed E-state index contributed by atoms with van der Waals surface area (Å²) in [6, 6.07) is 26.0. The molecule has 6 heteroatoms. The molecule has 0 N–H and O–H groups in total. The molecule has 0 spiro atoms. The molecule has 5 rings (SSSR count). The van der Waals surface area contributed by atoms with Crippen molar-refractivity contribution in [3.05, 3.63) is 96.8 Å². The number of nitrogens with zero attached hydrogens (tertiary/aromatic N) is 4. The third kappa shape index (κ3) is 4.32. The van der Waals surface area contributed by atoms with E-state index >= 15 is 0 Å². The third-order valence-corrected chi connectivity index (χ3v) is 6.04. The largest absolute Gasteiger partial charge is 0.497 e. The first-order chi connectivity index (χ1) is 16.2. The van der Waals surface area contributed by atoms with Gasteiger partial charge in [-0.15, -0.1) is 0 Å². The van der Waals surface area contributed by atoms with Crippen LogP contribution < -0.4 is 9.64 Å². The molecule has 1 aliphatic rings. The van der Waals surface area contributed by atoms with Crippen molar-refractivity contribution in [1.82, 2.24) is 14.5 Å². The molecule has 0 aliphatic carbocycles. The molecule has 0 saturated carbocycles. The predicted molar refractivity (Wildman–Crippen MR) is 130 cm³/mol. The molecule has 1 aromatic heterocycles. The number of carbonyl (C=O) groups excluding carboxylic acids is 1. The van der Waals surface area contributed by atoms with Gasteiger partial charge in [0.2, 0.25) is 5.95 Å². The molecule has 0 radical (unpaired) electrons. The van der Waals surface area contributed by atoms with Gasteiger partial charge in [0.25, 0.3) is 5.91 Å². The minimum atomic E-state index is 0.0744. The molecule has 2 heterocycles.